The quantitative estimate of drug-likeness (QED) is 0.441. The molecular formula is C20H16N3O6S-. The second-order valence-electron chi connectivity index (χ2n) is 6.60. The van der Waals surface area contributed by atoms with Gasteiger partial charge in [-0.25, -0.2) is 0 Å². The number of hydrogen-bond donors (Lipinski definition) is 1. The van der Waals surface area contributed by atoms with Crippen molar-refractivity contribution in [3.05, 3.63) is 68.1 Å². The Morgan fingerprint density at radius 1 is 1.17 bits per heavy atom. The smallest absolute Gasteiger partial charge is 0.294 e. The molecule has 0 bridgehead atoms. The topological polar surface area (TPSA) is 133 Å². The number of rotatable bonds is 5. The van der Waals surface area contributed by atoms with E-state index in [0.29, 0.717) is 17.4 Å². The van der Waals surface area contributed by atoms with Crippen LogP contribution in [0.1, 0.15) is 16.7 Å². The summed E-state index contributed by atoms with van der Waals surface area (Å²) in [6.07, 6.45) is 1.28. The number of nitrogens with one attached hydrogen (secondary N) is 1. The first-order chi connectivity index (χ1) is 14.2. The maximum Gasteiger partial charge on any atom is 0.294 e. The van der Waals surface area contributed by atoms with Crippen molar-refractivity contribution < 1.29 is 24.4 Å². The molecular weight excluding hydrogens is 410 g/mol. The van der Waals surface area contributed by atoms with Crippen LogP contribution in [0.15, 0.2) is 41.3 Å². The number of carbonyl (C=O) groups is 3. The fourth-order valence-electron chi connectivity index (χ4n) is 2.72. The standard InChI is InChI=1S/C20H17N3O6S/c1-11-3-5-14(7-12(11)2)21-18(25)10-22-19(26)17(30-20(22)27)9-13-4-6-16(24)15(8-13)23(28)29/h3-9,24H,10H2,1-2H3,(H,21,25)/p-1/b17-9+. The van der Waals surface area contributed by atoms with Gasteiger partial charge in [0.1, 0.15) is 6.54 Å². The Bertz CT molecular complexity index is 1110. The Kier molecular flexibility index (Phi) is 5.88. The predicted molar refractivity (Wildman–Crippen MR) is 110 cm³/mol. The molecule has 2 aromatic carbocycles. The lowest BCUT2D eigenvalue weighted by Crippen LogP contribution is -2.36. The SMILES string of the molecule is Cc1ccc(NC(=O)CN2C(=O)S/C(=C/c3ccc([O-])c([N+](=O)[O-])c3)C2=O)cc1C. The number of benzene rings is 2. The number of nitro groups is 1. The first-order valence-electron chi connectivity index (χ1n) is 8.73. The molecule has 1 N–H and O–H groups in total. The van der Waals surface area contributed by atoms with Crippen LogP contribution in [0.5, 0.6) is 5.75 Å². The highest BCUT2D eigenvalue weighted by molar-refractivity contribution is 8.18. The number of anilines is 1. The summed E-state index contributed by atoms with van der Waals surface area (Å²) in [4.78, 5) is 47.9. The van der Waals surface area contributed by atoms with Crippen LogP contribution in [0.2, 0.25) is 0 Å². The molecule has 1 heterocycles. The Morgan fingerprint density at radius 3 is 2.57 bits per heavy atom. The molecule has 1 saturated heterocycles. The highest BCUT2D eigenvalue weighted by atomic mass is 32.2. The molecule has 0 unspecified atom stereocenters. The molecule has 0 aromatic heterocycles. The number of thioether (sulfide) groups is 1. The first kappa shape index (κ1) is 21.1. The number of hydrogen-bond acceptors (Lipinski definition) is 7. The van der Waals surface area contributed by atoms with Crippen molar-refractivity contribution in [2.24, 2.45) is 0 Å². The fraction of sp³-hybridized carbons (Fsp3) is 0.150. The van der Waals surface area contributed by atoms with Crippen molar-refractivity contribution in [3.63, 3.8) is 0 Å². The zero-order chi connectivity index (χ0) is 22.0. The summed E-state index contributed by atoms with van der Waals surface area (Å²) in [6, 6.07) is 8.72. The van der Waals surface area contributed by atoms with Gasteiger partial charge >= 0.3 is 0 Å². The van der Waals surface area contributed by atoms with Gasteiger partial charge in [0.2, 0.25) is 5.91 Å². The maximum atomic E-state index is 12.5. The molecule has 3 amide bonds. The molecule has 10 heteroatoms. The molecule has 0 radical (unpaired) electrons. The molecule has 3 rings (SSSR count). The van der Waals surface area contributed by atoms with E-state index >= 15 is 0 Å². The van der Waals surface area contributed by atoms with Crippen LogP contribution in [-0.4, -0.2) is 33.4 Å². The monoisotopic (exact) mass is 426 g/mol. The number of carbonyl (C=O) groups excluding carboxylic acids is 3. The van der Waals surface area contributed by atoms with E-state index in [0.717, 1.165) is 28.2 Å². The van der Waals surface area contributed by atoms with E-state index < -0.39 is 40.0 Å². The van der Waals surface area contributed by atoms with Gasteiger partial charge in [0.15, 0.2) is 0 Å². The van der Waals surface area contributed by atoms with E-state index in [-0.39, 0.29) is 10.5 Å². The average molecular weight is 426 g/mol. The number of aryl methyl sites for hydroxylation is 2. The Morgan fingerprint density at radius 2 is 1.90 bits per heavy atom. The molecule has 2 aromatic rings. The van der Waals surface area contributed by atoms with Gasteiger partial charge < -0.3 is 10.4 Å². The molecule has 30 heavy (non-hydrogen) atoms. The Balaban J connectivity index is 1.73. The summed E-state index contributed by atoms with van der Waals surface area (Å²) in [5, 5.41) is 24.4. The lowest BCUT2D eigenvalue weighted by atomic mass is 10.1. The molecule has 0 atom stereocenters. The number of amides is 3. The third-order valence-electron chi connectivity index (χ3n) is 4.44. The first-order valence-corrected chi connectivity index (χ1v) is 9.55. The zero-order valence-electron chi connectivity index (χ0n) is 16.0. The van der Waals surface area contributed by atoms with Crippen LogP contribution in [0, 0.1) is 24.0 Å². The highest BCUT2D eigenvalue weighted by Gasteiger charge is 2.36. The Labute approximate surface area is 175 Å². The lowest BCUT2D eigenvalue weighted by Gasteiger charge is -2.13. The molecule has 9 nitrogen and oxygen atoms in total. The van der Waals surface area contributed by atoms with Gasteiger partial charge in [0, 0.05) is 11.8 Å². The van der Waals surface area contributed by atoms with Crippen LogP contribution < -0.4 is 10.4 Å². The summed E-state index contributed by atoms with van der Waals surface area (Å²) in [6.45, 7) is 3.37. The second-order valence-corrected chi connectivity index (χ2v) is 7.59. The average Bonchev–Trinajstić information content (AvgIpc) is 2.93. The van der Waals surface area contributed by atoms with E-state index in [1.165, 1.54) is 12.1 Å². The lowest BCUT2D eigenvalue weighted by molar-refractivity contribution is -0.398. The third kappa shape index (κ3) is 4.49. The minimum atomic E-state index is -0.817. The summed E-state index contributed by atoms with van der Waals surface area (Å²) in [7, 11) is 0. The van der Waals surface area contributed by atoms with Crippen LogP contribution in [0.25, 0.3) is 6.08 Å². The van der Waals surface area contributed by atoms with E-state index in [9.17, 15) is 29.6 Å². The predicted octanol–water partition coefficient (Wildman–Crippen LogP) is 2.96. The summed E-state index contributed by atoms with van der Waals surface area (Å²) >= 11 is 0.618. The molecule has 1 aliphatic rings. The van der Waals surface area contributed by atoms with Gasteiger partial charge in [-0.3, -0.25) is 29.4 Å². The van der Waals surface area contributed by atoms with Crippen molar-refractivity contribution in [2.45, 2.75) is 13.8 Å². The van der Waals surface area contributed by atoms with Crippen molar-refractivity contribution in [2.75, 3.05) is 11.9 Å². The molecule has 1 aliphatic heterocycles. The van der Waals surface area contributed by atoms with Crippen LogP contribution in [0.4, 0.5) is 16.2 Å². The van der Waals surface area contributed by atoms with E-state index in [4.69, 9.17) is 0 Å². The van der Waals surface area contributed by atoms with E-state index in [1.807, 2.05) is 19.9 Å². The van der Waals surface area contributed by atoms with E-state index in [2.05, 4.69) is 5.32 Å². The Hall–Kier alpha value is -3.66. The van der Waals surface area contributed by atoms with Gasteiger partial charge in [-0.15, -0.1) is 0 Å². The van der Waals surface area contributed by atoms with Crippen molar-refractivity contribution in [1.82, 2.24) is 4.90 Å². The number of imide groups is 1. The minimum Gasteiger partial charge on any atom is -0.868 e. The van der Waals surface area contributed by atoms with Gasteiger partial charge in [0.05, 0.1) is 9.83 Å². The number of nitro benzene ring substituents is 1. The summed E-state index contributed by atoms with van der Waals surface area (Å²) in [5.41, 5.74) is 2.20. The zero-order valence-corrected chi connectivity index (χ0v) is 16.8. The van der Waals surface area contributed by atoms with Crippen LogP contribution in [0.3, 0.4) is 0 Å². The molecule has 1 fully saturated rings. The second kappa shape index (κ2) is 8.37. The van der Waals surface area contributed by atoms with Crippen molar-refractivity contribution in [3.8, 4) is 5.75 Å². The molecule has 0 saturated carbocycles. The van der Waals surface area contributed by atoms with E-state index in [1.54, 1.807) is 12.1 Å². The van der Waals surface area contributed by atoms with Crippen LogP contribution >= 0.6 is 11.8 Å². The summed E-state index contributed by atoms with van der Waals surface area (Å²) in [5.74, 6) is -1.98. The van der Waals surface area contributed by atoms with Crippen LogP contribution in [-0.2, 0) is 9.59 Å². The maximum absolute atomic E-state index is 12.5. The van der Waals surface area contributed by atoms with Gasteiger partial charge in [-0.1, -0.05) is 18.2 Å². The minimum absolute atomic E-state index is 0.00641. The largest absolute Gasteiger partial charge is 0.868 e. The number of nitrogens with zero attached hydrogens (tertiary/aromatic N) is 2. The highest BCUT2D eigenvalue weighted by Crippen LogP contribution is 2.33. The van der Waals surface area contributed by atoms with Crippen molar-refractivity contribution >= 4 is 46.3 Å². The summed E-state index contributed by atoms with van der Waals surface area (Å²) < 4.78 is 0. The third-order valence-corrected chi connectivity index (χ3v) is 5.35. The van der Waals surface area contributed by atoms with Gasteiger partial charge in [-0.05, 0) is 66.3 Å². The molecule has 154 valence electrons. The van der Waals surface area contributed by atoms with Gasteiger partial charge in [-0.2, -0.15) is 0 Å². The van der Waals surface area contributed by atoms with Gasteiger partial charge in [0.25, 0.3) is 16.8 Å². The fourth-order valence-corrected chi connectivity index (χ4v) is 3.56. The molecule has 0 spiro atoms. The normalized spacial score (nSPS) is 15.0. The molecule has 0 aliphatic carbocycles. The van der Waals surface area contributed by atoms with Crippen molar-refractivity contribution in [1.29, 1.82) is 0 Å².